The van der Waals surface area contributed by atoms with Gasteiger partial charge in [0.25, 0.3) is 0 Å². The number of carbonyl (C=O) groups is 1. The van der Waals surface area contributed by atoms with Gasteiger partial charge in [0.2, 0.25) is 0 Å². The summed E-state index contributed by atoms with van der Waals surface area (Å²) in [6.07, 6.45) is 2.61. The summed E-state index contributed by atoms with van der Waals surface area (Å²) in [4.78, 5) is 13.3. The van der Waals surface area contributed by atoms with Crippen LogP contribution >= 0.6 is 12.4 Å². The van der Waals surface area contributed by atoms with Gasteiger partial charge in [-0.15, -0.1) is 12.4 Å². The molecule has 1 atom stereocenters. The Morgan fingerprint density at radius 3 is 2.55 bits per heavy atom. The highest BCUT2D eigenvalue weighted by Gasteiger charge is 2.29. The van der Waals surface area contributed by atoms with Gasteiger partial charge in [0, 0.05) is 13.1 Å². The summed E-state index contributed by atoms with van der Waals surface area (Å²) in [5.41, 5.74) is 2.35. The average molecular weight is 328 g/mol. The number of carboxylic acids is 1. The number of aryl methyl sites for hydroxylation is 2. The van der Waals surface area contributed by atoms with Crippen molar-refractivity contribution in [1.29, 1.82) is 0 Å². The predicted molar refractivity (Wildman–Crippen MR) is 90.1 cm³/mol. The Morgan fingerprint density at radius 1 is 1.36 bits per heavy atom. The van der Waals surface area contributed by atoms with Gasteiger partial charge >= 0.3 is 5.97 Å². The number of nitrogens with zero attached hydrogens (tertiary/aromatic N) is 1. The van der Waals surface area contributed by atoms with Crippen LogP contribution in [-0.4, -0.2) is 41.2 Å². The van der Waals surface area contributed by atoms with E-state index in [4.69, 9.17) is 4.74 Å². The van der Waals surface area contributed by atoms with E-state index in [1.54, 1.807) is 0 Å². The summed E-state index contributed by atoms with van der Waals surface area (Å²) in [6, 6.07) is 5.89. The molecule has 22 heavy (non-hydrogen) atoms. The first kappa shape index (κ1) is 18.8. The normalized spacial score (nSPS) is 17.6. The van der Waals surface area contributed by atoms with Crippen molar-refractivity contribution in [3.63, 3.8) is 0 Å². The van der Waals surface area contributed by atoms with E-state index in [1.165, 1.54) is 5.56 Å². The Bertz CT molecular complexity index is 499. The molecule has 5 heteroatoms. The van der Waals surface area contributed by atoms with Crippen LogP contribution in [-0.2, 0) is 4.79 Å². The summed E-state index contributed by atoms with van der Waals surface area (Å²) < 4.78 is 6.12. The molecule has 1 aliphatic rings. The number of aliphatic carboxylic acids is 1. The van der Waals surface area contributed by atoms with E-state index in [9.17, 15) is 9.90 Å². The number of hydrogen-bond acceptors (Lipinski definition) is 3. The molecule has 1 saturated heterocycles. The van der Waals surface area contributed by atoms with Gasteiger partial charge in [-0.3, -0.25) is 9.69 Å². The number of carboxylic acid groups (broad SMARTS) is 1. The maximum absolute atomic E-state index is 11.2. The second-order valence-electron chi connectivity index (χ2n) is 5.88. The van der Waals surface area contributed by atoms with Crippen LogP contribution in [0.2, 0.25) is 0 Å². The second kappa shape index (κ2) is 8.39. The van der Waals surface area contributed by atoms with Gasteiger partial charge in [-0.25, -0.2) is 0 Å². The molecule has 1 fully saturated rings. The van der Waals surface area contributed by atoms with Crippen molar-refractivity contribution >= 4 is 18.4 Å². The Balaban J connectivity index is 0.00000242. The zero-order valence-electron chi connectivity index (χ0n) is 13.5. The van der Waals surface area contributed by atoms with Crippen LogP contribution in [0.5, 0.6) is 5.75 Å². The molecule has 0 amide bonds. The predicted octanol–water partition coefficient (Wildman–Crippen LogP) is 3.43. The van der Waals surface area contributed by atoms with Crippen molar-refractivity contribution in [2.45, 2.75) is 52.2 Å². The second-order valence-corrected chi connectivity index (χ2v) is 5.88. The lowest BCUT2D eigenvalue weighted by Crippen LogP contribution is -2.47. The minimum Gasteiger partial charge on any atom is -0.490 e. The van der Waals surface area contributed by atoms with E-state index >= 15 is 0 Å². The summed E-state index contributed by atoms with van der Waals surface area (Å²) in [5, 5.41) is 9.22. The number of hydrogen-bond donors (Lipinski definition) is 1. The van der Waals surface area contributed by atoms with Crippen LogP contribution in [0.25, 0.3) is 0 Å². The van der Waals surface area contributed by atoms with Gasteiger partial charge < -0.3 is 9.84 Å². The van der Waals surface area contributed by atoms with Gasteiger partial charge in [-0.05, 0) is 50.3 Å². The standard InChI is InChI=1S/C17H25NO3.ClH/c1-4-15(17(19)20)18-9-7-14(8-10-18)21-16-11-12(2)5-6-13(16)3;/h5-6,11,14-15H,4,7-10H2,1-3H3,(H,19,20);1H. The van der Waals surface area contributed by atoms with Crippen LogP contribution in [0.4, 0.5) is 0 Å². The number of halogens is 1. The topological polar surface area (TPSA) is 49.8 Å². The number of benzene rings is 1. The molecule has 1 N–H and O–H groups in total. The highest BCUT2D eigenvalue weighted by molar-refractivity contribution is 5.85. The Labute approximate surface area is 138 Å². The quantitative estimate of drug-likeness (QED) is 0.900. The van der Waals surface area contributed by atoms with E-state index < -0.39 is 5.97 Å². The van der Waals surface area contributed by atoms with Crippen molar-refractivity contribution in [2.75, 3.05) is 13.1 Å². The summed E-state index contributed by atoms with van der Waals surface area (Å²) in [7, 11) is 0. The molecule has 124 valence electrons. The average Bonchev–Trinajstić information content (AvgIpc) is 2.45. The minimum atomic E-state index is -0.716. The van der Waals surface area contributed by atoms with Crippen molar-refractivity contribution < 1.29 is 14.6 Å². The fourth-order valence-corrected chi connectivity index (χ4v) is 2.91. The molecule has 2 rings (SSSR count). The largest absolute Gasteiger partial charge is 0.490 e. The minimum absolute atomic E-state index is 0. The molecule has 4 nitrogen and oxygen atoms in total. The van der Waals surface area contributed by atoms with E-state index in [0.29, 0.717) is 6.42 Å². The Kier molecular flexibility index (Phi) is 7.17. The number of ether oxygens (including phenoxy) is 1. The van der Waals surface area contributed by atoms with Crippen molar-refractivity contribution in [3.05, 3.63) is 29.3 Å². The molecule has 1 unspecified atom stereocenters. The highest BCUT2D eigenvalue weighted by atomic mass is 35.5. The van der Waals surface area contributed by atoms with Crippen molar-refractivity contribution in [2.24, 2.45) is 0 Å². The maximum atomic E-state index is 11.2. The third-order valence-corrected chi connectivity index (χ3v) is 4.23. The number of piperidine rings is 1. The first-order chi connectivity index (χ1) is 10.0. The van der Waals surface area contributed by atoms with E-state index in [2.05, 4.69) is 36.9 Å². The molecule has 0 aliphatic carbocycles. The van der Waals surface area contributed by atoms with Gasteiger partial charge in [0.1, 0.15) is 17.9 Å². The van der Waals surface area contributed by atoms with Gasteiger partial charge in [-0.2, -0.15) is 0 Å². The van der Waals surface area contributed by atoms with Crippen LogP contribution in [0.15, 0.2) is 18.2 Å². The van der Waals surface area contributed by atoms with Gasteiger partial charge in [-0.1, -0.05) is 19.1 Å². The van der Waals surface area contributed by atoms with Crippen molar-refractivity contribution in [3.8, 4) is 5.75 Å². The summed E-state index contributed by atoms with van der Waals surface area (Å²) in [5.74, 6) is 0.241. The first-order valence-electron chi connectivity index (χ1n) is 7.72. The van der Waals surface area contributed by atoms with E-state index in [-0.39, 0.29) is 24.6 Å². The van der Waals surface area contributed by atoms with Crippen LogP contribution in [0, 0.1) is 13.8 Å². The van der Waals surface area contributed by atoms with Crippen LogP contribution in [0.1, 0.15) is 37.3 Å². The molecule has 1 heterocycles. The molecule has 0 spiro atoms. The molecular formula is C17H26ClNO3. The molecule has 0 saturated carbocycles. The lowest BCUT2D eigenvalue weighted by Gasteiger charge is -2.35. The Hall–Kier alpha value is -1.26. The van der Waals surface area contributed by atoms with Gasteiger partial charge in [0.15, 0.2) is 0 Å². The highest BCUT2D eigenvalue weighted by Crippen LogP contribution is 2.24. The molecule has 1 aromatic carbocycles. The third kappa shape index (κ3) is 4.62. The molecule has 1 aromatic rings. The zero-order chi connectivity index (χ0) is 15.4. The number of rotatable bonds is 5. The molecule has 1 aliphatic heterocycles. The number of likely N-dealkylation sites (tertiary alicyclic amines) is 1. The van der Waals surface area contributed by atoms with Crippen molar-refractivity contribution in [1.82, 2.24) is 4.90 Å². The SMILES string of the molecule is CCC(C(=O)O)N1CCC(Oc2cc(C)ccc2C)CC1.Cl. The van der Waals surface area contributed by atoms with E-state index in [1.807, 2.05) is 6.92 Å². The van der Waals surface area contributed by atoms with Crippen LogP contribution < -0.4 is 4.74 Å². The fourth-order valence-electron chi connectivity index (χ4n) is 2.91. The zero-order valence-corrected chi connectivity index (χ0v) is 14.4. The fraction of sp³-hybridized carbons (Fsp3) is 0.588. The van der Waals surface area contributed by atoms with E-state index in [0.717, 1.165) is 37.2 Å². The van der Waals surface area contributed by atoms with Crippen LogP contribution in [0.3, 0.4) is 0 Å². The lowest BCUT2D eigenvalue weighted by atomic mass is 10.0. The third-order valence-electron chi connectivity index (χ3n) is 4.23. The molecule has 0 bridgehead atoms. The lowest BCUT2D eigenvalue weighted by molar-refractivity contribution is -0.144. The molecule has 0 radical (unpaired) electrons. The maximum Gasteiger partial charge on any atom is 0.320 e. The molecular weight excluding hydrogens is 302 g/mol. The smallest absolute Gasteiger partial charge is 0.320 e. The monoisotopic (exact) mass is 327 g/mol. The first-order valence-corrected chi connectivity index (χ1v) is 7.72. The summed E-state index contributed by atoms with van der Waals surface area (Å²) >= 11 is 0. The molecule has 0 aromatic heterocycles. The van der Waals surface area contributed by atoms with Gasteiger partial charge in [0.05, 0.1) is 0 Å². The Morgan fingerprint density at radius 2 is 2.00 bits per heavy atom. The summed E-state index contributed by atoms with van der Waals surface area (Å²) in [6.45, 7) is 7.63.